The van der Waals surface area contributed by atoms with Crippen LogP contribution in [0, 0.1) is 5.82 Å². The second kappa shape index (κ2) is 9.91. The van der Waals surface area contributed by atoms with Crippen LogP contribution in [-0.2, 0) is 23.8 Å². The molecule has 8 heteroatoms. The number of halogens is 1. The molecule has 2 aromatic carbocycles. The highest BCUT2D eigenvalue weighted by Crippen LogP contribution is 2.38. The summed E-state index contributed by atoms with van der Waals surface area (Å²) in [6.45, 7) is 1.98. The molecule has 1 aliphatic heterocycles. The van der Waals surface area contributed by atoms with E-state index in [1.54, 1.807) is 36.1 Å². The third-order valence-corrected chi connectivity index (χ3v) is 4.90. The Kier molecular flexibility index (Phi) is 7.04. The zero-order valence-electron chi connectivity index (χ0n) is 17.8. The Morgan fingerprint density at radius 2 is 1.38 bits per heavy atom. The first-order valence-corrected chi connectivity index (χ1v) is 9.80. The average Bonchev–Trinajstić information content (AvgIpc) is 2.83. The Morgan fingerprint density at radius 1 is 0.844 bits per heavy atom. The monoisotopic (exact) mass is 439 g/mol. The summed E-state index contributed by atoms with van der Waals surface area (Å²) in [6.07, 6.45) is 3.07. The van der Waals surface area contributed by atoms with Gasteiger partial charge in [0.25, 0.3) is 0 Å². The molecule has 0 amide bonds. The molecule has 166 valence electrons. The predicted molar refractivity (Wildman–Crippen MR) is 114 cm³/mol. The number of carbonyl (C=O) groups excluding carboxylic acids is 3. The summed E-state index contributed by atoms with van der Waals surface area (Å²) in [4.78, 5) is 38.7. The van der Waals surface area contributed by atoms with Crippen LogP contribution < -0.4 is 4.90 Å². The summed E-state index contributed by atoms with van der Waals surface area (Å²) in [5.41, 5.74) is 1.80. The Labute approximate surface area is 184 Å². The SMILES string of the molecule is CCOC(=O)c1ccc(N2C=C(C(=O)OC)C(c3ccc(F)cc3)C(C(=O)OC)=C2)cc1. The summed E-state index contributed by atoms with van der Waals surface area (Å²) >= 11 is 0. The minimum atomic E-state index is -0.814. The molecule has 2 aromatic rings. The van der Waals surface area contributed by atoms with E-state index >= 15 is 0 Å². The molecule has 0 N–H and O–H groups in total. The molecule has 0 saturated heterocycles. The Hall–Kier alpha value is -3.94. The normalized spacial score (nSPS) is 13.7. The predicted octanol–water partition coefficient (Wildman–Crippen LogP) is 3.72. The molecular formula is C24H22FNO6. The number of anilines is 1. The van der Waals surface area contributed by atoms with Crippen molar-refractivity contribution in [2.24, 2.45) is 0 Å². The van der Waals surface area contributed by atoms with Gasteiger partial charge in [0.05, 0.1) is 43.5 Å². The second-order valence-electron chi connectivity index (χ2n) is 6.81. The zero-order chi connectivity index (χ0) is 23.3. The number of esters is 3. The molecule has 0 bridgehead atoms. The van der Waals surface area contributed by atoms with Crippen LogP contribution in [-0.4, -0.2) is 38.7 Å². The van der Waals surface area contributed by atoms with E-state index in [0.29, 0.717) is 16.8 Å². The third kappa shape index (κ3) is 4.69. The summed E-state index contributed by atoms with van der Waals surface area (Å²) < 4.78 is 28.3. The minimum Gasteiger partial charge on any atom is -0.466 e. The quantitative estimate of drug-likeness (QED) is 0.501. The lowest BCUT2D eigenvalue weighted by molar-refractivity contribution is -0.137. The molecule has 0 saturated carbocycles. The molecule has 0 aromatic heterocycles. The van der Waals surface area contributed by atoms with Crippen molar-refractivity contribution in [2.45, 2.75) is 12.8 Å². The summed E-state index contributed by atoms with van der Waals surface area (Å²) in [7, 11) is 2.47. The minimum absolute atomic E-state index is 0.163. The Balaban J connectivity index is 2.08. The van der Waals surface area contributed by atoms with Crippen LogP contribution >= 0.6 is 0 Å². The summed E-state index contributed by atoms with van der Waals surface area (Å²) in [5, 5.41) is 0. The van der Waals surface area contributed by atoms with Crippen molar-refractivity contribution in [3.8, 4) is 0 Å². The number of rotatable bonds is 6. The zero-order valence-corrected chi connectivity index (χ0v) is 17.8. The number of hydrogen-bond donors (Lipinski definition) is 0. The van der Waals surface area contributed by atoms with Crippen molar-refractivity contribution in [1.29, 1.82) is 0 Å². The lowest BCUT2D eigenvalue weighted by Gasteiger charge is -2.30. The standard InChI is InChI=1S/C24H22FNO6/c1-4-32-22(27)16-7-11-18(12-8-16)26-13-19(23(28)30-2)21(20(14-26)24(29)31-3)15-5-9-17(25)10-6-15/h5-14,21H,4H2,1-3H3. The fourth-order valence-corrected chi connectivity index (χ4v) is 3.38. The van der Waals surface area contributed by atoms with E-state index in [0.717, 1.165) is 0 Å². The van der Waals surface area contributed by atoms with Crippen LogP contribution in [0.25, 0.3) is 0 Å². The van der Waals surface area contributed by atoms with Gasteiger partial charge in [-0.1, -0.05) is 12.1 Å². The largest absolute Gasteiger partial charge is 0.466 e. The number of ether oxygens (including phenoxy) is 3. The molecule has 1 aliphatic rings. The number of nitrogens with zero attached hydrogens (tertiary/aromatic N) is 1. The van der Waals surface area contributed by atoms with E-state index in [4.69, 9.17) is 14.2 Å². The van der Waals surface area contributed by atoms with Crippen LogP contribution in [0.2, 0.25) is 0 Å². The molecule has 0 atom stereocenters. The highest BCUT2D eigenvalue weighted by molar-refractivity contribution is 6.00. The van der Waals surface area contributed by atoms with E-state index < -0.39 is 29.6 Å². The molecule has 0 fully saturated rings. The number of benzene rings is 2. The lowest BCUT2D eigenvalue weighted by atomic mass is 9.83. The molecule has 0 spiro atoms. The van der Waals surface area contributed by atoms with Gasteiger partial charge in [-0.15, -0.1) is 0 Å². The van der Waals surface area contributed by atoms with Crippen molar-refractivity contribution in [2.75, 3.05) is 25.7 Å². The van der Waals surface area contributed by atoms with Crippen LogP contribution in [0.1, 0.15) is 28.8 Å². The van der Waals surface area contributed by atoms with Crippen molar-refractivity contribution in [3.63, 3.8) is 0 Å². The van der Waals surface area contributed by atoms with E-state index in [1.165, 1.54) is 50.9 Å². The van der Waals surface area contributed by atoms with Crippen LogP contribution in [0.5, 0.6) is 0 Å². The van der Waals surface area contributed by atoms with E-state index in [2.05, 4.69) is 0 Å². The van der Waals surface area contributed by atoms with Gasteiger partial charge < -0.3 is 19.1 Å². The molecule has 32 heavy (non-hydrogen) atoms. The second-order valence-corrected chi connectivity index (χ2v) is 6.81. The number of carbonyl (C=O) groups is 3. The maximum absolute atomic E-state index is 13.5. The molecule has 0 aliphatic carbocycles. The molecule has 0 radical (unpaired) electrons. The van der Waals surface area contributed by atoms with Gasteiger partial charge in [0.1, 0.15) is 5.82 Å². The first kappa shape index (κ1) is 22.7. The Bertz CT molecular complexity index is 1040. The lowest BCUT2D eigenvalue weighted by Crippen LogP contribution is -2.28. The average molecular weight is 439 g/mol. The van der Waals surface area contributed by atoms with Crippen LogP contribution in [0.4, 0.5) is 10.1 Å². The van der Waals surface area contributed by atoms with Gasteiger partial charge in [-0.05, 0) is 48.9 Å². The summed E-state index contributed by atoms with van der Waals surface area (Å²) in [5.74, 6) is -3.01. The molecule has 3 rings (SSSR count). The van der Waals surface area contributed by atoms with Gasteiger partial charge in [0, 0.05) is 18.1 Å². The van der Waals surface area contributed by atoms with E-state index in [1.807, 2.05) is 0 Å². The molecule has 0 unspecified atom stereocenters. The maximum Gasteiger partial charge on any atom is 0.338 e. The first-order valence-electron chi connectivity index (χ1n) is 9.80. The van der Waals surface area contributed by atoms with E-state index in [9.17, 15) is 18.8 Å². The van der Waals surface area contributed by atoms with Gasteiger partial charge >= 0.3 is 17.9 Å². The smallest absolute Gasteiger partial charge is 0.338 e. The number of methoxy groups -OCH3 is 2. The van der Waals surface area contributed by atoms with E-state index in [-0.39, 0.29) is 17.8 Å². The highest BCUT2D eigenvalue weighted by atomic mass is 19.1. The molecular weight excluding hydrogens is 417 g/mol. The molecule has 7 nitrogen and oxygen atoms in total. The maximum atomic E-state index is 13.5. The third-order valence-electron chi connectivity index (χ3n) is 4.90. The Morgan fingerprint density at radius 3 is 1.84 bits per heavy atom. The summed E-state index contributed by atoms with van der Waals surface area (Å²) in [6, 6.07) is 12.0. The highest BCUT2D eigenvalue weighted by Gasteiger charge is 2.35. The van der Waals surface area contributed by atoms with Gasteiger partial charge in [0.2, 0.25) is 0 Å². The van der Waals surface area contributed by atoms with Gasteiger partial charge in [-0.2, -0.15) is 0 Å². The van der Waals surface area contributed by atoms with Crippen molar-refractivity contribution < 1.29 is 33.0 Å². The fraction of sp³-hybridized carbons (Fsp3) is 0.208. The van der Waals surface area contributed by atoms with Crippen LogP contribution in [0.15, 0.2) is 72.1 Å². The fourth-order valence-electron chi connectivity index (χ4n) is 3.38. The first-order chi connectivity index (χ1) is 15.4. The van der Waals surface area contributed by atoms with Crippen molar-refractivity contribution in [3.05, 3.63) is 89.0 Å². The van der Waals surface area contributed by atoms with Gasteiger partial charge in [-0.25, -0.2) is 18.8 Å². The topological polar surface area (TPSA) is 82.1 Å². The van der Waals surface area contributed by atoms with Crippen LogP contribution in [0.3, 0.4) is 0 Å². The molecule has 1 heterocycles. The van der Waals surface area contributed by atoms with Crippen molar-refractivity contribution >= 4 is 23.6 Å². The van der Waals surface area contributed by atoms with Gasteiger partial charge in [0.15, 0.2) is 0 Å². The van der Waals surface area contributed by atoms with Crippen molar-refractivity contribution in [1.82, 2.24) is 0 Å². The number of hydrogen-bond acceptors (Lipinski definition) is 7. The van der Waals surface area contributed by atoms with Gasteiger partial charge in [-0.3, -0.25) is 0 Å².